The average Bonchev–Trinajstić information content (AvgIpc) is 2.35. The highest BCUT2D eigenvalue weighted by atomic mass is 16.7. The van der Waals surface area contributed by atoms with Crippen LogP contribution in [0.5, 0.6) is 0 Å². The molecule has 16 heavy (non-hydrogen) atoms. The molecule has 7 heteroatoms. The maximum atomic E-state index is 9.08. The molecule has 0 spiro atoms. The first-order valence-electron chi connectivity index (χ1n) is 5.26. The molecule has 0 aromatic rings. The van der Waals surface area contributed by atoms with Crippen LogP contribution in [0.2, 0.25) is 0 Å². The van der Waals surface area contributed by atoms with E-state index in [1.165, 1.54) is 0 Å². The predicted molar refractivity (Wildman–Crippen MR) is 55.2 cm³/mol. The lowest BCUT2D eigenvalue weighted by Gasteiger charge is -2.28. The monoisotopic (exact) mass is 236 g/mol. The Kier molecular flexibility index (Phi) is 7.60. The van der Waals surface area contributed by atoms with Crippen molar-refractivity contribution in [1.82, 2.24) is 9.80 Å². The van der Waals surface area contributed by atoms with Gasteiger partial charge in [0.2, 0.25) is 0 Å². The fourth-order valence-electron chi connectivity index (χ4n) is 1.35. The Morgan fingerprint density at radius 3 is 2.56 bits per heavy atom. The molecule has 0 radical (unpaired) electrons. The Bertz CT molecular complexity index is 166. The Morgan fingerprint density at radius 1 is 1.19 bits per heavy atom. The molecule has 0 aromatic heterocycles. The molecule has 0 bridgehead atoms. The van der Waals surface area contributed by atoms with Crippen molar-refractivity contribution < 1.29 is 24.4 Å². The molecule has 0 amide bonds. The summed E-state index contributed by atoms with van der Waals surface area (Å²) in [7, 11) is 0. The van der Waals surface area contributed by atoms with E-state index in [2.05, 4.69) is 0 Å². The minimum atomic E-state index is -0.285. The fraction of sp³-hybridized carbons (Fsp3) is 1.00. The van der Waals surface area contributed by atoms with Crippen LogP contribution in [0.25, 0.3) is 0 Å². The van der Waals surface area contributed by atoms with E-state index in [0.29, 0.717) is 40.0 Å². The molecule has 0 unspecified atom stereocenters. The Hall–Kier alpha value is -0.280. The number of hydrogen-bond acceptors (Lipinski definition) is 7. The van der Waals surface area contributed by atoms with Gasteiger partial charge in [-0.1, -0.05) is 0 Å². The van der Waals surface area contributed by atoms with Gasteiger partial charge in [-0.15, -0.1) is 0 Å². The molecule has 0 aliphatic carbocycles. The van der Waals surface area contributed by atoms with Gasteiger partial charge in [-0.3, -0.25) is 9.80 Å². The summed E-state index contributed by atoms with van der Waals surface area (Å²) in [6, 6.07) is 0. The van der Waals surface area contributed by atoms with Gasteiger partial charge in [0.15, 0.2) is 0 Å². The first kappa shape index (κ1) is 13.8. The van der Waals surface area contributed by atoms with Crippen LogP contribution in [-0.4, -0.2) is 80.0 Å². The highest BCUT2D eigenvalue weighted by molar-refractivity contribution is 4.57. The van der Waals surface area contributed by atoms with Crippen molar-refractivity contribution in [3.8, 4) is 0 Å². The van der Waals surface area contributed by atoms with Gasteiger partial charge in [0.1, 0.15) is 27.0 Å². The van der Waals surface area contributed by atoms with Gasteiger partial charge in [0.05, 0.1) is 13.3 Å². The van der Waals surface area contributed by atoms with Gasteiger partial charge < -0.3 is 24.4 Å². The zero-order valence-electron chi connectivity index (χ0n) is 9.38. The lowest BCUT2D eigenvalue weighted by Crippen LogP contribution is -2.41. The molecule has 0 atom stereocenters. The lowest BCUT2D eigenvalue weighted by atomic mass is 10.5. The molecule has 1 aliphatic rings. The third-order valence-corrected chi connectivity index (χ3v) is 2.29. The summed E-state index contributed by atoms with van der Waals surface area (Å²) in [5.41, 5.74) is 0. The zero-order valence-corrected chi connectivity index (χ0v) is 9.38. The number of ether oxygens (including phenoxy) is 3. The summed E-state index contributed by atoms with van der Waals surface area (Å²) >= 11 is 0. The molecule has 0 aromatic carbocycles. The maximum Gasteiger partial charge on any atom is 0.150 e. The highest BCUT2D eigenvalue weighted by Crippen LogP contribution is 1.98. The molecule has 1 fully saturated rings. The first-order valence-corrected chi connectivity index (χ1v) is 5.26. The molecule has 1 rings (SSSR count). The summed E-state index contributed by atoms with van der Waals surface area (Å²) in [6.45, 7) is 3.63. The van der Waals surface area contributed by atoms with Gasteiger partial charge in [-0.25, -0.2) is 0 Å². The Balaban J connectivity index is 2.07. The van der Waals surface area contributed by atoms with E-state index < -0.39 is 0 Å². The summed E-state index contributed by atoms with van der Waals surface area (Å²) in [6.07, 6.45) is 0. The van der Waals surface area contributed by atoms with Crippen LogP contribution in [0.3, 0.4) is 0 Å². The van der Waals surface area contributed by atoms with Gasteiger partial charge in [-0.05, 0) is 0 Å². The summed E-state index contributed by atoms with van der Waals surface area (Å²) in [4.78, 5) is 3.82. The van der Waals surface area contributed by atoms with E-state index in [1.807, 2.05) is 9.80 Å². The smallest absolute Gasteiger partial charge is 0.150 e. The van der Waals surface area contributed by atoms with Crippen LogP contribution >= 0.6 is 0 Å². The number of aliphatic hydroxyl groups excluding tert-OH is 2. The normalized spacial score (nSPS) is 18.2. The van der Waals surface area contributed by atoms with Gasteiger partial charge >= 0.3 is 0 Å². The van der Waals surface area contributed by atoms with E-state index in [0.717, 1.165) is 6.54 Å². The Labute approximate surface area is 95.1 Å². The first-order chi connectivity index (χ1) is 7.86. The molecule has 96 valence electrons. The van der Waals surface area contributed by atoms with Gasteiger partial charge in [0.25, 0.3) is 0 Å². The number of nitrogens with zero attached hydrogens (tertiary/aromatic N) is 2. The summed E-state index contributed by atoms with van der Waals surface area (Å²) in [5.74, 6) is 0. The Morgan fingerprint density at radius 2 is 1.94 bits per heavy atom. The van der Waals surface area contributed by atoms with Crippen molar-refractivity contribution in [1.29, 1.82) is 0 Å². The molecule has 7 nitrogen and oxygen atoms in total. The number of aliphatic hydroxyl groups is 2. The molecular formula is C9H20N2O5. The predicted octanol–water partition coefficient (Wildman–Crippen LogP) is -1.57. The standard InChI is InChI=1S/C9H20N2O5/c12-5-10(3-4-14-8-13)1-2-11-6-15-9-16-7-11/h12-13H,1-9H2. The average molecular weight is 236 g/mol. The van der Waals surface area contributed by atoms with Crippen molar-refractivity contribution in [2.75, 3.05) is 60.0 Å². The van der Waals surface area contributed by atoms with Crippen LogP contribution in [0.15, 0.2) is 0 Å². The molecule has 1 saturated heterocycles. The third kappa shape index (κ3) is 5.71. The van der Waals surface area contributed by atoms with E-state index in [-0.39, 0.29) is 13.5 Å². The summed E-state index contributed by atoms with van der Waals surface area (Å²) < 4.78 is 15.0. The van der Waals surface area contributed by atoms with Gasteiger partial charge in [0, 0.05) is 19.6 Å². The maximum absolute atomic E-state index is 9.08. The van der Waals surface area contributed by atoms with Crippen molar-refractivity contribution in [2.24, 2.45) is 0 Å². The van der Waals surface area contributed by atoms with Crippen LogP contribution in [0.1, 0.15) is 0 Å². The minimum absolute atomic E-state index is 0.0235. The van der Waals surface area contributed by atoms with E-state index >= 15 is 0 Å². The van der Waals surface area contributed by atoms with Crippen molar-refractivity contribution in [2.45, 2.75) is 0 Å². The molecule has 0 saturated carbocycles. The van der Waals surface area contributed by atoms with Crippen molar-refractivity contribution in [3.63, 3.8) is 0 Å². The van der Waals surface area contributed by atoms with E-state index in [1.54, 1.807) is 0 Å². The topological polar surface area (TPSA) is 74.6 Å². The molecule has 1 heterocycles. The molecule has 1 aliphatic heterocycles. The third-order valence-electron chi connectivity index (χ3n) is 2.29. The second-order valence-electron chi connectivity index (χ2n) is 3.48. The highest BCUT2D eigenvalue weighted by Gasteiger charge is 2.12. The van der Waals surface area contributed by atoms with E-state index in [4.69, 9.17) is 24.4 Å². The second kappa shape index (κ2) is 8.82. The van der Waals surface area contributed by atoms with Crippen LogP contribution in [0, 0.1) is 0 Å². The number of rotatable bonds is 8. The number of hydrogen-bond donors (Lipinski definition) is 2. The van der Waals surface area contributed by atoms with Crippen LogP contribution in [-0.2, 0) is 14.2 Å². The molecule has 2 N–H and O–H groups in total. The fourth-order valence-corrected chi connectivity index (χ4v) is 1.35. The summed E-state index contributed by atoms with van der Waals surface area (Å²) in [5, 5.41) is 17.5. The second-order valence-corrected chi connectivity index (χ2v) is 3.48. The van der Waals surface area contributed by atoms with Crippen molar-refractivity contribution in [3.05, 3.63) is 0 Å². The minimum Gasteiger partial charge on any atom is -0.381 e. The molecular weight excluding hydrogens is 216 g/mol. The van der Waals surface area contributed by atoms with Crippen LogP contribution < -0.4 is 0 Å². The van der Waals surface area contributed by atoms with Crippen molar-refractivity contribution >= 4 is 0 Å². The van der Waals surface area contributed by atoms with Gasteiger partial charge in [-0.2, -0.15) is 0 Å². The largest absolute Gasteiger partial charge is 0.381 e. The van der Waals surface area contributed by atoms with Crippen LogP contribution in [0.4, 0.5) is 0 Å². The SMILES string of the molecule is OCOCCN(CO)CCN1COCOC1. The quantitative estimate of drug-likeness (QED) is 0.389. The van der Waals surface area contributed by atoms with E-state index in [9.17, 15) is 0 Å². The lowest BCUT2D eigenvalue weighted by molar-refractivity contribution is -0.184. The zero-order chi connectivity index (χ0) is 11.6.